The quantitative estimate of drug-likeness (QED) is 0.909. The van der Waals surface area contributed by atoms with E-state index in [1.165, 1.54) is 44.0 Å². The summed E-state index contributed by atoms with van der Waals surface area (Å²) in [5, 5.41) is 1.19. The summed E-state index contributed by atoms with van der Waals surface area (Å²) < 4.78 is 0. The van der Waals surface area contributed by atoms with Crippen LogP contribution in [0.2, 0.25) is 0 Å². The number of carbonyl (C=O) groups excluding carboxylic acids is 1. The number of amides is 1. The Morgan fingerprint density at radius 1 is 1.08 bits per heavy atom. The molecule has 0 spiro atoms. The molecule has 4 heteroatoms. The fourth-order valence-corrected chi connectivity index (χ4v) is 4.74. The molecule has 2 heterocycles. The summed E-state index contributed by atoms with van der Waals surface area (Å²) in [4.78, 5) is 20.9. The number of piperazine rings is 1. The van der Waals surface area contributed by atoms with Crippen LogP contribution in [0.5, 0.6) is 0 Å². The average molecular weight is 354 g/mol. The highest BCUT2D eigenvalue weighted by Gasteiger charge is 2.24. The first-order valence-corrected chi connectivity index (χ1v) is 10.3. The molecule has 1 saturated carbocycles. The zero-order valence-electron chi connectivity index (χ0n) is 16.0. The van der Waals surface area contributed by atoms with Crippen molar-refractivity contribution in [1.82, 2.24) is 14.8 Å². The molecule has 0 radical (unpaired) electrons. The van der Waals surface area contributed by atoms with E-state index in [2.05, 4.69) is 33.8 Å². The van der Waals surface area contributed by atoms with Crippen molar-refractivity contribution in [2.75, 3.05) is 32.7 Å². The van der Waals surface area contributed by atoms with Crippen LogP contribution in [0.3, 0.4) is 0 Å². The van der Waals surface area contributed by atoms with Gasteiger partial charge in [-0.15, -0.1) is 0 Å². The Morgan fingerprint density at radius 3 is 2.58 bits per heavy atom. The van der Waals surface area contributed by atoms with Gasteiger partial charge >= 0.3 is 0 Å². The fraction of sp³-hybridized carbons (Fsp3) is 0.591. The normalized spacial score (nSPS) is 20.0. The SMILES string of the molecule is Cc1[nH]c2ccccc2c1CC(=O)N1CCN(CC2CCCCC2)CC1. The molecular formula is C22H31N3O. The van der Waals surface area contributed by atoms with Crippen LogP contribution in [-0.4, -0.2) is 53.4 Å². The van der Waals surface area contributed by atoms with Crippen LogP contribution in [0.25, 0.3) is 10.9 Å². The number of benzene rings is 1. The van der Waals surface area contributed by atoms with Crippen molar-refractivity contribution in [2.45, 2.75) is 45.4 Å². The molecule has 2 fully saturated rings. The van der Waals surface area contributed by atoms with Crippen LogP contribution in [0.15, 0.2) is 24.3 Å². The lowest BCUT2D eigenvalue weighted by atomic mass is 9.89. The molecule has 1 saturated heterocycles. The lowest BCUT2D eigenvalue weighted by Crippen LogP contribution is -2.50. The van der Waals surface area contributed by atoms with Crippen molar-refractivity contribution in [1.29, 1.82) is 0 Å². The van der Waals surface area contributed by atoms with Gasteiger partial charge in [0.1, 0.15) is 0 Å². The second-order valence-electron chi connectivity index (χ2n) is 8.14. The van der Waals surface area contributed by atoms with Crippen molar-refractivity contribution < 1.29 is 4.79 Å². The van der Waals surface area contributed by atoms with Gasteiger partial charge in [-0.1, -0.05) is 37.5 Å². The van der Waals surface area contributed by atoms with E-state index in [0.29, 0.717) is 6.42 Å². The molecule has 1 amide bonds. The zero-order valence-corrected chi connectivity index (χ0v) is 16.0. The number of carbonyl (C=O) groups is 1. The van der Waals surface area contributed by atoms with E-state index in [1.54, 1.807) is 0 Å². The Bertz CT molecular complexity index is 752. The first-order valence-electron chi connectivity index (χ1n) is 10.3. The lowest BCUT2D eigenvalue weighted by Gasteiger charge is -2.37. The molecule has 140 valence electrons. The van der Waals surface area contributed by atoms with Crippen molar-refractivity contribution in [2.24, 2.45) is 5.92 Å². The molecule has 2 aromatic rings. The molecule has 4 nitrogen and oxygen atoms in total. The van der Waals surface area contributed by atoms with Crippen molar-refractivity contribution in [3.05, 3.63) is 35.5 Å². The van der Waals surface area contributed by atoms with Crippen molar-refractivity contribution in [3.8, 4) is 0 Å². The molecule has 26 heavy (non-hydrogen) atoms. The number of nitrogens with zero attached hydrogens (tertiary/aromatic N) is 2. The molecule has 0 bridgehead atoms. The summed E-state index contributed by atoms with van der Waals surface area (Å²) in [5.74, 6) is 1.16. The summed E-state index contributed by atoms with van der Waals surface area (Å²) in [5.41, 5.74) is 3.41. The Kier molecular flexibility index (Phi) is 5.30. The Morgan fingerprint density at radius 2 is 1.81 bits per heavy atom. The lowest BCUT2D eigenvalue weighted by molar-refractivity contribution is -0.132. The van der Waals surface area contributed by atoms with Crippen LogP contribution in [0.1, 0.15) is 43.4 Å². The summed E-state index contributed by atoms with van der Waals surface area (Å²) in [6.07, 6.45) is 7.56. The average Bonchev–Trinajstić information content (AvgIpc) is 2.98. The van der Waals surface area contributed by atoms with E-state index in [0.717, 1.165) is 48.9 Å². The maximum atomic E-state index is 12.9. The maximum Gasteiger partial charge on any atom is 0.227 e. The predicted octanol–water partition coefficient (Wildman–Crippen LogP) is 3.74. The van der Waals surface area contributed by atoms with Gasteiger partial charge < -0.3 is 9.88 Å². The number of aromatic nitrogens is 1. The number of aryl methyl sites for hydroxylation is 1. The molecule has 2 aliphatic rings. The van der Waals surface area contributed by atoms with E-state index in [-0.39, 0.29) is 5.91 Å². The Hall–Kier alpha value is -1.81. The fourth-order valence-electron chi connectivity index (χ4n) is 4.74. The number of nitrogens with one attached hydrogen (secondary N) is 1. The highest BCUT2D eigenvalue weighted by molar-refractivity contribution is 5.90. The largest absolute Gasteiger partial charge is 0.358 e. The molecule has 4 rings (SSSR count). The van der Waals surface area contributed by atoms with Crippen LogP contribution < -0.4 is 0 Å². The topological polar surface area (TPSA) is 39.3 Å². The summed E-state index contributed by atoms with van der Waals surface area (Å²) in [6.45, 7) is 7.15. The molecular weight excluding hydrogens is 322 g/mol. The van der Waals surface area contributed by atoms with Crippen molar-refractivity contribution in [3.63, 3.8) is 0 Å². The molecule has 1 aromatic carbocycles. The molecule has 0 unspecified atom stereocenters. The zero-order chi connectivity index (χ0) is 17.9. The van der Waals surface area contributed by atoms with Gasteiger partial charge in [-0.25, -0.2) is 0 Å². The van der Waals surface area contributed by atoms with Gasteiger partial charge in [0.05, 0.1) is 6.42 Å². The molecule has 1 aliphatic carbocycles. The summed E-state index contributed by atoms with van der Waals surface area (Å²) in [7, 11) is 0. The Labute approximate surface area is 156 Å². The van der Waals surface area contributed by atoms with Gasteiger partial charge in [-0.05, 0) is 37.3 Å². The third-order valence-electron chi connectivity index (χ3n) is 6.32. The van der Waals surface area contributed by atoms with E-state index >= 15 is 0 Å². The number of rotatable bonds is 4. The highest BCUT2D eigenvalue weighted by Crippen LogP contribution is 2.25. The van der Waals surface area contributed by atoms with Gasteiger partial charge in [0, 0.05) is 49.3 Å². The minimum atomic E-state index is 0.273. The predicted molar refractivity (Wildman–Crippen MR) is 106 cm³/mol. The number of H-pyrrole nitrogens is 1. The molecule has 1 aromatic heterocycles. The van der Waals surface area contributed by atoms with Crippen LogP contribution >= 0.6 is 0 Å². The van der Waals surface area contributed by atoms with E-state index < -0.39 is 0 Å². The summed E-state index contributed by atoms with van der Waals surface area (Å²) >= 11 is 0. The first-order chi connectivity index (χ1) is 12.7. The minimum absolute atomic E-state index is 0.273. The van der Waals surface area contributed by atoms with Gasteiger partial charge in [0.2, 0.25) is 5.91 Å². The van der Waals surface area contributed by atoms with Gasteiger partial charge in [-0.2, -0.15) is 0 Å². The highest BCUT2D eigenvalue weighted by atomic mass is 16.2. The van der Waals surface area contributed by atoms with Crippen molar-refractivity contribution >= 4 is 16.8 Å². The second-order valence-corrected chi connectivity index (χ2v) is 8.14. The van der Waals surface area contributed by atoms with Gasteiger partial charge in [0.25, 0.3) is 0 Å². The monoisotopic (exact) mass is 353 g/mol. The van der Waals surface area contributed by atoms with E-state index in [9.17, 15) is 4.79 Å². The number of para-hydroxylation sites is 1. The minimum Gasteiger partial charge on any atom is -0.358 e. The third kappa shape index (κ3) is 3.80. The number of hydrogen-bond donors (Lipinski definition) is 1. The molecule has 1 aliphatic heterocycles. The van der Waals surface area contributed by atoms with Gasteiger partial charge in [-0.3, -0.25) is 9.69 Å². The second kappa shape index (κ2) is 7.83. The first kappa shape index (κ1) is 17.6. The number of hydrogen-bond acceptors (Lipinski definition) is 2. The third-order valence-corrected chi connectivity index (χ3v) is 6.32. The number of fused-ring (bicyclic) bond motifs is 1. The van der Waals surface area contributed by atoms with Crippen LogP contribution in [0, 0.1) is 12.8 Å². The molecule has 1 N–H and O–H groups in total. The van der Waals surface area contributed by atoms with Gasteiger partial charge in [0.15, 0.2) is 0 Å². The standard InChI is InChI=1S/C22H31N3O/c1-17-20(19-9-5-6-10-21(19)23-17)15-22(26)25-13-11-24(12-14-25)16-18-7-3-2-4-8-18/h5-6,9-10,18,23H,2-4,7-8,11-16H2,1H3. The van der Waals surface area contributed by atoms with E-state index in [4.69, 9.17) is 0 Å². The number of aromatic amines is 1. The van der Waals surface area contributed by atoms with E-state index in [1.807, 2.05) is 12.1 Å². The van der Waals surface area contributed by atoms with Crippen LogP contribution in [0.4, 0.5) is 0 Å². The smallest absolute Gasteiger partial charge is 0.227 e. The molecule has 0 atom stereocenters. The Balaban J connectivity index is 1.32. The summed E-state index contributed by atoms with van der Waals surface area (Å²) in [6, 6.07) is 8.28. The van der Waals surface area contributed by atoms with Crippen LogP contribution in [-0.2, 0) is 11.2 Å². The maximum absolute atomic E-state index is 12.9.